The van der Waals surface area contributed by atoms with E-state index in [1.807, 2.05) is 0 Å². The Morgan fingerprint density at radius 3 is 2.04 bits per heavy atom. The molecule has 0 bridgehead atoms. The molecule has 0 amide bonds. The number of hydrogen-bond acceptors (Lipinski definition) is 2. The first-order valence-corrected chi connectivity index (χ1v) is 11.3. The van der Waals surface area contributed by atoms with Crippen molar-refractivity contribution in [2.24, 2.45) is 0 Å². The van der Waals surface area contributed by atoms with Crippen molar-refractivity contribution in [3.8, 4) is 0 Å². The summed E-state index contributed by atoms with van der Waals surface area (Å²) >= 11 is 0. The second kappa shape index (κ2) is 19.6. The van der Waals surface area contributed by atoms with Gasteiger partial charge in [0.1, 0.15) is 0 Å². The molecule has 0 aromatic heterocycles. The number of unbranched alkanes of at least 4 members (excludes halogenated alkanes) is 5. The third-order valence-electron chi connectivity index (χ3n) is 4.68. The zero-order valence-corrected chi connectivity index (χ0v) is 17.6. The van der Waals surface area contributed by atoms with Crippen LogP contribution in [0.25, 0.3) is 0 Å². The summed E-state index contributed by atoms with van der Waals surface area (Å²) in [5.41, 5.74) is 0. The summed E-state index contributed by atoms with van der Waals surface area (Å²) in [5, 5.41) is 0. The summed E-state index contributed by atoms with van der Waals surface area (Å²) in [7, 11) is 0. The second-order valence-corrected chi connectivity index (χ2v) is 7.22. The van der Waals surface area contributed by atoms with Crippen molar-refractivity contribution < 1.29 is 9.47 Å². The van der Waals surface area contributed by atoms with Gasteiger partial charge in [-0.1, -0.05) is 74.8 Å². The molecule has 2 nitrogen and oxygen atoms in total. The minimum atomic E-state index is 0.0805. The molecule has 1 atom stereocenters. The van der Waals surface area contributed by atoms with Crippen molar-refractivity contribution in [3.63, 3.8) is 0 Å². The predicted molar refractivity (Wildman–Crippen MR) is 118 cm³/mol. The van der Waals surface area contributed by atoms with Crippen LogP contribution in [-0.4, -0.2) is 19.5 Å². The highest BCUT2D eigenvalue weighted by Gasteiger charge is 2.13. The van der Waals surface area contributed by atoms with E-state index >= 15 is 0 Å². The van der Waals surface area contributed by atoms with Crippen molar-refractivity contribution in [3.05, 3.63) is 48.6 Å². The Hall–Kier alpha value is -1.12. The van der Waals surface area contributed by atoms with Gasteiger partial charge < -0.3 is 9.47 Å². The molecule has 1 unspecified atom stereocenters. The molecule has 0 spiro atoms. The van der Waals surface area contributed by atoms with Crippen molar-refractivity contribution in [1.82, 2.24) is 0 Å². The normalized spacial score (nSPS) is 18.6. The van der Waals surface area contributed by atoms with E-state index in [0.717, 1.165) is 45.3 Å². The molecular weight excluding hydrogens is 332 g/mol. The molecule has 1 fully saturated rings. The molecule has 1 rings (SSSR count). The van der Waals surface area contributed by atoms with Crippen molar-refractivity contribution in [2.45, 2.75) is 96.7 Å². The van der Waals surface area contributed by atoms with Gasteiger partial charge in [0, 0.05) is 13.2 Å². The van der Waals surface area contributed by atoms with Gasteiger partial charge >= 0.3 is 0 Å². The van der Waals surface area contributed by atoms with E-state index in [1.54, 1.807) is 0 Å². The van der Waals surface area contributed by atoms with Crippen molar-refractivity contribution in [1.29, 1.82) is 0 Å². The molecule has 0 aromatic carbocycles. The van der Waals surface area contributed by atoms with Gasteiger partial charge in [-0.15, -0.1) is 0 Å². The van der Waals surface area contributed by atoms with Crippen LogP contribution < -0.4 is 0 Å². The summed E-state index contributed by atoms with van der Waals surface area (Å²) < 4.78 is 11.3. The lowest BCUT2D eigenvalue weighted by atomic mass is 10.1. The minimum absolute atomic E-state index is 0.0805. The standard InChI is InChI=1S/C25H42O2/c1-2-3-4-5-6-7-8-9-10-11-12-13-14-15-16-17-18-20-23-26-25-22-19-21-24-27-25/h3-4,6-7,9-10,12-13,25H,2,5,8,11,14-24H2,1H3/b4-3-,7-6-,10-9-,13-12-. The lowest BCUT2D eigenvalue weighted by Gasteiger charge is -2.22. The van der Waals surface area contributed by atoms with Crippen LogP contribution in [0.3, 0.4) is 0 Å². The van der Waals surface area contributed by atoms with Crippen LogP contribution in [-0.2, 0) is 9.47 Å². The third-order valence-corrected chi connectivity index (χ3v) is 4.68. The highest BCUT2D eigenvalue weighted by molar-refractivity contribution is 4.99. The molecular formula is C25H42O2. The van der Waals surface area contributed by atoms with Crippen molar-refractivity contribution in [2.75, 3.05) is 13.2 Å². The van der Waals surface area contributed by atoms with Gasteiger partial charge in [0.25, 0.3) is 0 Å². The monoisotopic (exact) mass is 374 g/mol. The van der Waals surface area contributed by atoms with Crippen molar-refractivity contribution >= 4 is 0 Å². The number of allylic oxidation sites excluding steroid dienone is 8. The molecule has 2 heteroatoms. The van der Waals surface area contributed by atoms with E-state index < -0.39 is 0 Å². The van der Waals surface area contributed by atoms with E-state index in [9.17, 15) is 0 Å². The van der Waals surface area contributed by atoms with E-state index in [4.69, 9.17) is 9.47 Å². The maximum absolute atomic E-state index is 5.76. The van der Waals surface area contributed by atoms with Crippen LogP contribution in [0, 0.1) is 0 Å². The van der Waals surface area contributed by atoms with Crippen LogP contribution in [0.2, 0.25) is 0 Å². The average Bonchev–Trinajstić information content (AvgIpc) is 2.70. The summed E-state index contributed by atoms with van der Waals surface area (Å²) in [5.74, 6) is 0. The molecule has 0 aliphatic carbocycles. The molecule has 0 aromatic rings. The molecule has 1 heterocycles. The largest absolute Gasteiger partial charge is 0.353 e. The molecule has 1 aliphatic rings. The highest BCUT2D eigenvalue weighted by atomic mass is 16.7. The third kappa shape index (κ3) is 16.8. The highest BCUT2D eigenvalue weighted by Crippen LogP contribution is 2.14. The zero-order valence-electron chi connectivity index (χ0n) is 17.6. The van der Waals surface area contributed by atoms with E-state index in [1.165, 1.54) is 51.4 Å². The Bertz CT molecular complexity index is 414. The fraction of sp³-hybridized carbons (Fsp3) is 0.680. The average molecular weight is 375 g/mol. The van der Waals surface area contributed by atoms with Gasteiger partial charge in [-0.25, -0.2) is 0 Å². The first kappa shape index (κ1) is 23.9. The summed E-state index contributed by atoms with van der Waals surface area (Å²) in [4.78, 5) is 0. The molecule has 0 saturated carbocycles. The predicted octanol–water partition coefficient (Wildman–Crippen LogP) is 7.68. The number of hydrogen-bond donors (Lipinski definition) is 0. The zero-order chi connectivity index (χ0) is 19.3. The maximum atomic E-state index is 5.76. The lowest BCUT2D eigenvalue weighted by molar-refractivity contribution is -0.162. The van der Waals surface area contributed by atoms with Gasteiger partial charge in [-0.3, -0.25) is 0 Å². The first-order valence-electron chi connectivity index (χ1n) is 11.3. The lowest BCUT2D eigenvalue weighted by Crippen LogP contribution is -2.22. The van der Waals surface area contributed by atoms with Gasteiger partial charge in [-0.05, 0) is 64.2 Å². The topological polar surface area (TPSA) is 18.5 Å². The van der Waals surface area contributed by atoms with Crippen LogP contribution in [0.1, 0.15) is 90.4 Å². The minimum Gasteiger partial charge on any atom is -0.353 e. The first-order chi connectivity index (χ1) is 13.4. The summed E-state index contributed by atoms with van der Waals surface area (Å²) in [6, 6.07) is 0. The molecule has 154 valence electrons. The van der Waals surface area contributed by atoms with Crippen LogP contribution in [0.4, 0.5) is 0 Å². The van der Waals surface area contributed by atoms with Gasteiger partial charge in [0.15, 0.2) is 6.29 Å². The SMILES string of the molecule is CC/C=C\C/C=C\C/C=C\C/C=C\CCCCCCCOC1CCCCO1. The van der Waals surface area contributed by atoms with E-state index in [-0.39, 0.29) is 6.29 Å². The number of ether oxygens (including phenoxy) is 2. The molecule has 1 saturated heterocycles. The van der Waals surface area contributed by atoms with Gasteiger partial charge in [0.05, 0.1) is 0 Å². The van der Waals surface area contributed by atoms with Crippen LogP contribution in [0.15, 0.2) is 48.6 Å². The maximum Gasteiger partial charge on any atom is 0.157 e. The second-order valence-electron chi connectivity index (χ2n) is 7.22. The van der Waals surface area contributed by atoms with Gasteiger partial charge in [0.2, 0.25) is 0 Å². The fourth-order valence-corrected chi connectivity index (χ4v) is 3.05. The Morgan fingerprint density at radius 1 is 0.741 bits per heavy atom. The Labute approximate surface area is 168 Å². The van der Waals surface area contributed by atoms with E-state index in [0.29, 0.717) is 0 Å². The van der Waals surface area contributed by atoms with E-state index in [2.05, 4.69) is 55.5 Å². The summed E-state index contributed by atoms with van der Waals surface area (Å²) in [6.45, 7) is 3.91. The number of rotatable bonds is 16. The Balaban J connectivity index is 1.79. The fourth-order valence-electron chi connectivity index (χ4n) is 3.05. The molecule has 0 N–H and O–H groups in total. The van der Waals surface area contributed by atoms with Crippen LogP contribution >= 0.6 is 0 Å². The van der Waals surface area contributed by atoms with Gasteiger partial charge in [-0.2, -0.15) is 0 Å². The Morgan fingerprint density at radius 2 is 1.37 bits per heavy atom. The summed E-state index contributed by atoms with van der Waals surface area (Å²) in [6.07, 6.45) is 33.6. The molecule has 1 aliphatic heterocycles. The molecule has 27 heavy (non-hydrogen) atoms. The smallest absolute Gasteiger partial charge is 0.157 e. The molecule has 0 radical (unpaired) electrons. The quantitative estimate of drug-likeness (QED) is 0.204. The Kier molecular flexibility index (Phi) is 17.4. The van der Waals surface area contributed by atoms with Crippen LogP contribution in [0.5, 0.6) is 0 Å².